The van der Waals surface area contributed by atoms with E-state index in [-0.39, 0.29) is 24.7 Å². The van der Waals surface area contributed by atoms with Crippen molar-refractivity contribution in [3.63, 3.8) is 0 Å². The number of carboxylic acids is 2. The topological polar surface area (TPSA) is 116 Å². The largest absolute Gasteiger partial charge is 0.481 e. The third-order valence-corrected chi connectivity index (χ3v) is 2.41. The fourth-order valence-corrected chi connectivity index (χ4v) is 1.29. The predicted molar refractivity (Wildman–Crippen MR) is 52.8 cm³/mol. The number of carboxylic acid groups (broad SMARTS) is 2. The monoisotopic (exact) mass is 230 g/mol. The molecule has 4 N–H and O–H groups in total. The molecule has 1 fully saturated rings. The lowest BCUT2D eigenvalue weighted by molar-refractivity contribution is -0.144. The summed E-state index contributed by atoms with van der Waals surface area (Å²) in [5.41, 5.74) is 0. The third-order valence-electron chi connectivity index (χ3n) is 2.41. The molecule has 1 aliphatic heterocycles. The zero-order chi connectivity index (χ0) is 12.1. The van der Waals surface area contributed by atoms with Crippen LogP contribution in [0.5, 0.6) is 0 Å². The molecule has 7 heteroatoms. The van der Waals surface area contributed by atoms with Gasteiger partial charge in [0.1, 0.15) is 6.04 Å². The Hall–Kier alpha value is -1.63. The Labute approximate surface area is 91.8 Å². The normalized spacial score (nSPS) is 17.2. The van der Waals surface area contributed by atoms with Gasteiger partial charge in [0.15, 0.2) is 0 Å². The minimum Gasteiger partial charge on any atom is -0.481 e. The van der Waals surface area contributed by atoms with E-state index in [1.807, 2.05) is 0 Å². The van der Waals surface area contributed by atoms with Crippen molar-refractivity contribution >= 4 is 17.8 Å². The SMILES string of the molecule is O=C(O)CCC(NC(=O)C1CNC1)C(=O)O. The minimum atomic E-state index is -1.21. The van der Waals surface area contributed by atoms with Crippen molar-refractivity contribution in [3.8, 4) is 0 Å². The summed E-state index contributed by atoms with van der Waals surface area (Å²) < 4.78 is 0. The Balaban J connectivity index is 2.40. The van der Waals surface area contributed by atoms with Crippen molar-refractivity contribution in [2.75, 3.05) is 13.1 Å². The van der Waals surface area contributed by atoms with Crippen LogP contribution in [-0.2, 0) is 14.4 Å². The average Bonchev–Trinajstić information content (AvgIpc) is 2.08. The first-order chi connectivity index (χ1) is 7.50. The first-order valence-corrected chi connectivity index (χ1v) is 4.96. The van der Waals surface area contributed by atoms with Crippen molar-refractivity contribution in [2.24, 2.45) is 5.92 Å². The van der Waals surface area contributed by atoms with E-state index in [0.717, 1.165) is 0 Å². The van der Waals surface area contributed by atoms with E-state index in [9.17, 15) is 14.4 Å². The maximum Gasteiger partial charge on any atom is 0.326 e. The van der Waals surface area contributed by atoms with E-state index in [2.05, 4.69) is 10.6 Å². The fraction of sp³-hybridized carbons (Fsp3) is 0.667. The van der Waals surface area contributed by atoms with E-state index >= 15 is 0 Å². The molecule has 0 aromatic heterocycles. The van der Waals surface area contributed by atoms with Crippen molar-refractivity contribution < 1.29 is 24.6 Å². The summed E-state index contributed by atoms with van der Waals surface area (Å²) in [5.74, 6) is -2.82. The van der Waals surface area contributed by atoms with Crippen molar-refractivity contribution in [2.45, 2.75) is 18.9 Å². The van der Waals surface area contributed by atoms with Crippen LogP contribution < -0.4 is 10.6 Å². The molecule has 1 aliphatic rings. The molecule has 0 spiro atoms. The van der Waals surface area contributed by atoms with Gasteiger partial charge >= 0.3 is 11.9 Å². The summed E-state index contributed by atoms with van der Waals surface area (Å²) in [4.78, 5) is 32.5. The fourth-order valence-electron chi connectivity index (χ4n) is 1.29. The molecule has 0 saturated carbocycles. The Morgan fingerprint density at radius 2 is 1.94 bits per heavy atom. The van der Waals surface area contributed by atoms with Gasteiger partial charge in [0, 0.05) is 19.5 Å². The second-order valence-electron chi connectivity index (χ2n) is 3.69. The molecule has 0 aromatic rings. The summed E-state index contributed by atoms with van der Waals surface area (Å²) in [6.07, 6.45) is -0.378. The van der Waals surface area contributed by atoms with Crippen LogP contribution in [0.25, 0.3) is 0 Å². The van der Waals surface area contributed by atoms with Gasteiger partial charge in [0.05, 0.1) is 5.92 Å². The highest BCUT2D eigenvalue weighted by atomic mass is 16.4. The molecular weight excluding hydrogens is 216 g/mol. The number of aliphatic carboxylic acids is 2. The molecule has 1 rings (SSSR count). The molecular formula is C9H14N2O5. The van der Waals surface area contributed by atoms with E-state index in [0.29, 0.717) is 13.1 Å². The van der Waals surface area contributed by atoms with Crippen LogP contribution in [0.1, 0.15) is 12.8 Å². The van der Waals surface area contributed by atoms with Crippen LogP contribution in [0, 0.1) is 5.92 Å². The minimum absolute atomic E-state index is 0.101. The molecule has 1 amide bonds. The molecule has 16 heavy (non-hydrogen) atoms. The van der Waals surface area contributed by atoms with Crippen molar-refractivity contribution in [1.29, 1.82) is 0 Å². The highest BCUT2D eigenvalue weighted by Gasteiger charge is 2.29. The molecule has 0 aromatic carbocycles. The Morgan fingerprint density at radius 3 is 2.31 bits per heavy atom. The molecule has 90 valence electrons. The van der Waals surface area contributed by atoms with Gasteiger partial charge < -0.3 is 20.8 Å². The lowest BCUT2D eigenvalue weighted by Gasteiger charge is -2.27. The highest BCUT2D eigenvalue weighted by molar-refractivity contribution is 5.86. The van der Waals surface area contributed by atoms with E-state index < -0.39 is 18.0 Å². The van der Waals surface area contributed by atoms with E-state index in [1.165, 1.54) is 0 Å². The Kier molecular flexibility index (Phi) is 4.24. The number of hydrogen-bond acceptors (Lipinski definition) is 4. The quantitative estimate of drug-likeness (QED) is 0.448. The third kappa shape index (κ3) is 3.50. The number of rotatable bonds is 6. The molecule has 1 saturated heterocycles. The van der Waals surface area contributed by atoms with Gasteiger partial charge in [-0.3, -0.25) is 9.59 Å². The average molecular weight is 230 g/mol. The second-order valence-corrected chi connectivity index (χ2v) is 3.69. The zero-order valence-electron chi connectivity index (χ0n) is 8.60. The lowest BCUT2D eigenvalue weighted by atomic mass is 10.0. The van der Waals surface area contributed by atoms with Crippen LogP contribution in [-0.4, -0.2) is 47.2 Å². The summed E-state index contributed by atoms with van der Waals surface area (Å²) in [6, 6.07) is -1.12. The van der Waals surface area contributed by atoms with Crippen LogP contribution >= 0.6 is 0 Å². The van der Waals surface area contributed by atoms with Crippen LogP contribution in [0.15, 0.2) is 0 Å². The standard InChI is InChI=1S/C9H14N2O5/c12-7(13)2-1-6(9(15)16)11-8(14)5-3-10-4-5/h5-6,10H,1-4H2,(H,11,14)(H,12,13)(H,15,16). The van der Waals surface area contributed by atoms with Crippen molar-refractivity contribution in [1.82, 2.24) is 10.6 Å². The molecule has 7 nitrogen and oxygen atoms in total. The van der Waals surface area contributed by atoms with Gasteiger partial charge in [-0.05, 0) is 6.42 Å². The van der Waals surface area contributed by atoms with Gasteiger partial charge in [0.25, 0.3) is 0 Å². The van der Waals surface area contributed by atoms with E-state index in [4.69, 9.17) is 10.2 Å². The maximum atomic E-state index is 11.4. The summed E-state index contributed by atoms with van der Waals surface area (Å²) >= 11 is 0. The maximum absolute atomic E-state index is 11.4. The molecule has 0 aliphatic carbocycles. The summed E-state index contributed by atoms with van der Waals surface area (Å²) in [5, 5.41) is 22.4. The molecule has 0 radical (unpaired) electrons. The van der Waals surface area contributed by atoms with Gasteiger partial charge in [-0.2, -0.15) is 0 Å². The second kappa shape index (κ2) is 5.45. The number of amides is 1. The lowest BCUT2D eigenvalue weighted by Crippen LogP contribution is -2.54. The van der Waals surface area contributed by atoms with Gasteiger partial charge in [-0.25, -0.2) is 4.79 Å². The number of carbonyl (C=O) groups excluding carboxylic acids is 1. The molecule has 0 bridgehead atoms. The summed E-state index contributed by atoms with van der Waals surface area (Å²) in [6.45, 7) is 1.08. The first kappa shape index (κ1) is 12.4. The zero-order valence-corrected chi connectivity index (χ0v) is 8.60. The number of hydrogen-bond donors (Lipinski definition) is 4. The van der Waals surface area contributed by atoms with Gasteiger partial charge in [-0.1, -0.05) is 0 Å². The summed E-state index contributed by atoms with van der Waals surface area (Å²) in [7, 11) is 0. The van der Waals surface area contributed by atoms with Crippen LogP contribution in [0.2, 0.25) is 0 Å². The number of nitrogens with one attached hydrogen (secondary N) is 2. The molecule has 1 heterocycles. The molecule has 1 atom stereocenters. The van der Waals surface area contributed by atoms with Gasteiger partial charge in [0.2, 0.25) is 5.91 Å². The highest BCUT2D eigenvalue weighted by Crippen LogP contribution is 2.05. The first-order valence-electron chi connectivity index (χ1n) is 4.96. The Bertz CT molecular complexity index is 300. The van der Waals surface area contributed by atoms with Crippen LogP contribution in [0.4, 0.5) is 0 Å². The predicted octanol–water partition coefficient (Wildman–Crippen LogP) is -1.36. The van der Waals surface area contributed by atoms with Gasteiger partial charge in [-0.15, -0.1) is 0 Å². The van der Waals surface area contributed by atoms with E-state index in [1.54, 1.807) is 0 Å². The molecule has 1 unspecified atom stereocenters. The van der Waals surface area contributed by atoms with Crippen molar-refractivity contribution in [3.05, 3.63) is 0 Å². The smallest absolute Gasteiger partial charge is 0.326 e. The van der Waals surface area contributed by atoms with Crippen LogP contribution in [0.3, 0.4) is 0 Å². The number of carbonyl (C=O) groups is 3. The Morgan fingerprint density at radius 1 is 1.31 bits per heavy atom.